The van der Waals surface area contributed by atoms with E-state index in [-0.39, 0.29) is 23.3 Å². The molecule has 27 heavy (non-hydrogen) atoms. The van der Waals surface area contributed by atoms with Gasteiger partial charge in [0.2, 0.25) is 11.8 Å². The van der Waals surface area contributed by atoms with Crippen molar-refractivity contribution in [3.8, 4) is 0 Å². The van der Waals surface area contributed by atoms with Gasteiger partial charge in [0.05, 0.1) is 23.9 Å². The summed E-state index contributed by atoms with van der Waals surface area (Å²) in [5.41, 5.74) is 6.58. The molecule has 0 saturated carbocycles. The Hall–Kier alpha value is -1.97. The number of hydrazone groups is 2. The summed E-state index contributed by atoms with van der Waals surface area (Å²) in [6.07, 6.45) is 3.11. The molecule has 0 aliphatic rings. The van der Waals surface area contributed by atoms with Crippen molar-refractivity contribution in [1.29, 1.82) is 0 Å². The zero-order valence-corrected chi connectivity index (χ0v) is 18.1. The zero-order chi connectivity index (χ0) is 19.5. The average molecular weight is 512 g/mol. The second-order valence-electron chi connectivity index (χ2n) is 5.18. The fourth-order valence-electron chi connectivity index (χ4n) is 1.76. The van der Waals surface area contributed by atoms with Crippen molar-refractivity contribution in [1.82, 2.24) is 10.9 Å². The number of halogens is 2. The molecule has 9 heteroatoms. The first-order valence-electron chi connectivity index (χ1n) is 7.75. The van der Waals surface area contributed by atoms with E-state index in [1.165, 1.54) is 11.8 Å². The molecule has 140 valence electrons. The van der Waals surface area contributed by atoms with Gasteiger partial charge in [-0.1, -0.05) is 56.1 Å². The summed E-state index contributed by atoms with van der Waals surface area (Å²) in [5.74, 6) is -0.303. The lowest BCUT2D eigenvalue weighted by molar-refractivity contribution is -0.118. The molecule has 0 atom stereocenters. The first-order valence-corrected chi connectivity index (χ1v) is 10.5. The van der Waals surface area contributed by atoms with Crippen LogP contribution in [0.4, 0.5) is 0 Å². The fraction of sp³-hybridized carbons (Fsp3) is 0.111. The first kappa shape index (κ1) is 21.3. The Morgan fingerprint density at radius 3 is 1.52 bits per heavy atom. The number of nitrogens with zero attached hydrogens (tertiary/aromatic N) is 2. The average Bonchev–Trinajstić information content (AvgIpc) is 2.65. The molecule has 2 rings (SSSR count). The molecule has 0 radical (unpaired) electrons. The van der Waals surface area contributed by atoms with Gasteiger partial charge in [-0.3, -0.25) is 9.59 Å². The highest BCUT2D eigenvalue weighted by Gasteiger charge is 2.04. The molecule has 0 spiro atoms. The van der Waals surface area contributed by atoms with Crippen molar-refractivity contribution in [2.45, 2.75) is 0 Å². The highest BCUT2D eigenvalue weighted by molar-refractivity contribution is 9.10. The van der Waals surface area contributed by atoms with Crippen molar-refractivity contribution in [3.05, 3.63) is 68.6 Å². The molecule has 0 aliphatic heterocycles. The molecule has 0 bridgehead atoms. The Bertz CT molecular complexity index is 755. The standard InChI is InChI=1S/C18H16Br2N4O2S/c19-15-5-1-13(2-6-15)9-21-23-17(25)11-27-12-18(26)24-22-10-14-3-7-16(20)8-4-14/h1-10H,11-12H2,(H,23,25)(H,24,26)/b21-9+,22-10+. The smallest absolute Gasteiger partial charge is 0.250 e. The summed E-state index contributed by atoms with van der Waals surface area (Å²) < 4.78 is 1.94. The Morgan fingerprint density at radius 1 is 0.778 bits per heavy atom. The van der Waals surface area contributed by atoms with Crippen LogP contribution in [-0.4, -0.2) is 35.7 Å². The van der Waals surface area contributed by atoms with Crippen LogP contribution in [0, 0.1) is 0 Å². The summed E-state index contributed by atoms with van der Waals surface area (Å²) in [4.78, 5) is 23.4. The van der Waals surface area contributed by atoms with E-state index in [9.17, 15) is 9.59 Å². The summed E-state index contributed by atoms with van der Waals surface area (Å²) in [7, 11) is 0. The normalized spacial score (nSPS) is 11.0. The zero-order valence-electron chi connectivity index (χ0n) is 14.1. The molecule has 0 saturated heterocycles. The molecular weight excluding hydrogens is 496 g/mol. The predicted molar refractivity (Wildman–Crippen MR) is 117 cm³/mol. The minimum Gasteiger partial charge on any atom is -0.272 e. The van der Waals surface area contributed by atoms with E-state index in [1.807, 2.05) is 48.5 Å². The molecule has 2 N–H and O–H groups in total. The topological polar surface area (TPSA) is 82.9 Å². The maximum Gasteiger partial charge on any atom is 0.250 e. The number of nitrogens with one attached hydrogen (secondary N) is 2. The largest absolute Gasteiger partial charge is 0.272 e. The molecule has 6 nitrogen and oxygen atoms in total. The molecule has 2 aromatic carbocycles. The summed E-state index contributed by atoms with van der Waals surface area (Å²) in [5, 5.41) is 7.76. The van der Waals surface area contributed by atoms with Crippen LogP contribution in [0.15, 0.2) is 67.7 Å². The van der Waals surface area contributed by atoms with Crippen LogP contribution in [0.2, 0.25) is 0 Å². The molecule has 0 fully saturated rings. The molecule has 0 aromatic heterocycles. The van der Waals surface area contributed by atoms with E-state index in [1.54, 1.807) is 12.4 Å². The summed E-state index contributed by atoms with van der Waals surface area (Å²) >= 11 is 7.88. The van der Waals surface area contributed by atoms with Gasteiger partial charge in [0.1, 0.15) is 0 Å². The third kappa shape index (κ3) is 8.98. The van der Waals surface area contributed by atoms with E-state index in [4.69, 9.17) is 0 Å². The number of hydrogen-bond acceptors (Lipinski definition) is 5. The number of carbonyl (C=O) groups is 2. The lowest BCUT2D eigenvalue weighted by Gasteiger charge is -2.01. The molecule has 0 aliphatic carbocycles. The number of thioether (sulfide) groups is 1. The van der Waals surface area contributed by atoms with Crippen LogP contribution in [-0.2, 0) is 9.59 Å². The van der Waals surface area contributed by atoms with Crippen molar-refractivity contribution in [2.24, 2.45) is 10.2 Å². The minimum atomic E-state index is -0.278. The Balaban J connectivity index is 1.61. The Kier molecular flexibility index (Phi) is 9.23. The van der Waals surface area contributed by atoms with Gasteiger partial charge in [-0.05, 0) is 35.4 Å². The highest BCUT2D eigenvalue weighted by atomic mass is 79.9. The molecule has 2 amide bonds. The number of benzene rings is 2. The van der Waals surface area contributed by atoms with E-state index in [0.29, 0.717) is 0 Å². The van der Waals surface area contributed by atoms with Crippen molar-refractivity contribution in [3.63, 3.8) is 0 Å². The summed E-state index contributed by atoms with van der Waals surface area (Å²) in [6.45, 7) is 0. The van der Waals surface area contributed by atoms with Crippen LogP contribution in [0.3, 0.4) is 0 Å². The number of hydrogen-bond donors (Lipinski definition) is 2. The Labute approximate surface area is 178 Å². The number of rotatable bonds is 8. The minimum absolute atomic E-state index is 0.127. The van der Waals surface area contributed by atoms with Crippen LogP contribution >= 0.6 is 43.6 Å². The third-order valence-corrected chi connectivity index (χ3v) is 5.00. The van der Waals surface area contributed by atoms with E-state index >= 15 is 0 Å². The van der Waals surface area contributed by atoms with E-state index in [0.717, 1.165) is 20.1 Å². The van der Waals surface area contributed by atoms with Crippen LogP contribution in [0.25, 0.3) is 0 Å². The van der Waals surface area contributed by atoms with Gasteiger partial charge >= 0.3 is 0 Å². The van der Waals surface area contributed by atoms with Crippen LogP contribution in [0.1, 0.15) is 11.1 Å². The van der Waals surface area contributed by atoms with Crippen LogP contribution in [0.5, 0.6) is 0 Å². The van der Waals surface area contributed by atoms with Crippen molar-refractivity contribution in [2.75, 3.05) is 11.5 Å². The van der Waals surface area contributed by atoms with Gasteiger partial charge in [0.25, 0.3) is 0 Å². The molecule has 0 heterocycles. The second kappa shape index (κ2) is 11.7. The maximum atomic E-state index is 11.7. The molecular formula is C18H16Br2N4O2S. The van der Waals surface area contributed by atoms with Gasteiger partial charge in [-0.15, -0.1) is 11.8 Å². The SMILES string of the molecule is O=C(CSCC(=O)N/N=C/c1ccc(Br)cc1)N/N=C/c1ccc(Br)cc1. The van der Waals surface area contributed by atoms with Gasteiger partial charge in [0, 0.05) is 8.95 Å². The van der Waals surface area contributed by atoms with E-state index in [2.05, 4.69) is 52.9 Å². The van der Waals surface area contributed by atoms with Gasteiger partial charge < -0.3 is 0 Å². The molecule has 0 unspecified atom stereocenters. The highest BCUT2D eigenvalue weighted by Crippen LogP contribution is 2.09. The predicted octanol–water partition coefficient (Wildman–Crippen LogP) is 3.55. The first-order chi connectivity index (χ1) is 13.0. The van der Waals surface area contributed by atoms with Gasteiger partial charge in [0.15, 0.2) is 0 Å². The maximum absolute atomic E-state index is 11.7. The quantitative estimate of drug-likeness (QED) is 0.420. The monoisotopic (exact) mass is 510 g/mol. The van der Waals surface area contributed by atoms with Crippen LogP contribution < -0.4 is 10.9 Å². The van der Waals surface area contributed by atoms with Crippen molar-refractivity contribution >= 4 is 67.9 Å². The van der Waals surface area contributed by atoms with E-state index < -0.39 is 0 Å². The summed E-state index contributed by atoms with van der Waals surface area (Å²) in [6, 6.07) is 15.0. The van der Waals surface area contributed by atoms with Gasteiger partial charge in [-0.25, -0.2) is 10.9 Å². The second-order valence-corrected chi connectivity index (χ2v) is 8.00. The number of amides is 2. The Morgan fingerprint density at radius 2 is 1.15 bits per heavy atom. The fourth-order valence-corrected chi connectivity index (χ4v) is 2.89. The van der Waals surface area contributed by atoms with Crippen molar-refractivity contribution < 1.29 is 9.59 Å². The molecule has 2 aromatic rings. The number of carbonyl (C=O) groups excluding carboxylic acids is 2. The third-order valence-electron chi connectivity index (χ3n) is 3.01. The van der Waals surface area contributed by atoms with Gasteiger partial charge in [-0.2, -0.15) is 10.2 Å². The lowest BCUT2D eigenvalue weighted by Crippen LogP contribution is -2.23. The lowest BCUT2D eigenvalue weighted by atomic mass is 10.2.